The number of anilines is 1. The van der Waals surface area contributed by atoms with Crippen LogP contribution in [0.25, 0.3) is 0 Å². The summed E-state index contributed by atoms with van der Waals surface area (Å²) < 4.78 is 10.2. The Hall–Kier alpha value is -1.48. The fraction of sp³-hybridized carbons (Fsp3) is 0.545. The quantitative estimate of drug-likeness (QED) is 0.795. The Bertz CT molecular complexity index is 495. The molecule has 108 valence electrons. The van der Waals surface area contributed by atoms with E-state index < -0.39 is 0 Å². The molecule has 0 aliphatic rings. The van der Waals surface area contributed by atoms with Gasteiger partial charge in [0, 0.05) is 6.54 Å². The van der Waals surface area contributed by atoms with Crippen molar-refractivity contribution < 1.29 is 4.74 Å². The number of ether oxygens (including phenoxy) is 1. The average molecular weight is 312 g/mol. The van der Waals surface area contributed by atoms with Crippen LogP contribution in [0.15, 0.2) is 15.8 Å². The lowest BCUT2D eigenvalue weighted by molar-refractivity contribution is 0.288. The molecule has 0 radical (unpaired) electrons. The molecule has 0 unspecified atom stereocenters. The molecule has 0 spiro atoms. The van der Waals surface area contributed by atoms with Gasteiger partial charge in [-0.15, -0.1) is 0 Å². The van der Waals surface area contributed by atoms with Crippen molar-refractivity contribution in [2.45, 2.75) is 36.2 Å². The first-order valence-corrected chi connectivity index (χ1v) is 7.98. The molecule has 2 aromatic rings. The van der Waals surface area contributed by atoms with E-state index in [2.05, 4.69) is 36.5 Å². The summed E-state index contributed by atoms with van der Waals surface area (Å²) >= 11 is 2.66. The Balaban J connectivity index is 2.15. The van der Waals surface area contributed by atoms with Crippen LogP contribution < -0.4 is 10.1 Å². The first-order chi connectivity index (χ1) is 9.81. The first-order valence-electron chi connectivity index (χ1n) is 6.39. The van der Waals surface area contributed by atoms with Gasteiger partial charge in [-0.25, -0.2) is 4.98 Å². The highest BCUT2D eigenvalue weighted by atomic mass is 32.2. The lowest BCUT2D eigenvalue weighted by Crippen LogP contribution is -2.08. The Morgan fingerprint density at radius 3 is 2.85 bits per heavy atom. The number of aromatic nitrogens is 5. The van der Waals surface area contributed by atoms with Gasteiger partial charge in [-0.05, 0) is 36.1 Å². The molecule has 1 N–H and O–H groups in total. The van der Waals surface area contributed by atoms with Crippen LogP contribution in [0.1, 0.15) is 26.7 Å². The van der Waals surface area contributed by atoms with E-state index in [1.54, 1.807) is 0 Å². The molecule has 2 heterocycles. The Labute approximate surface area is 125 Å². The molecule has 0 aliphatic heterocycles. The zero-order valence-corrected chi connectivity index (χ0v) is 13.0. The van der Waals surface area contributed by atoms with Crippen molar-refractivity contribution in [2.75, 3.05) is 18.5 Å². The van der Waals surface area contributed by atoms with Gasteiger partial charge in [-0.2, -0.15) is 19.3 Å². The number of hydrogen-bond acceptors (Lipinski definition) is 9. The van der Waals surface area contributed by atoms with Gasteiger partial charge in [0.25, 0.3) is 0 Å². The molecule has 0 saturated carbocycles. The highest BCUT2D eigenvalue weighted by Gasteiger charge is 2.10. The van der Waals surface area contributed by atoms with Gasteiger partial charge in [0.2, 0.25) is 11.1 Å². The van der Waals surface area contributed by atoms with Crippen LogP contribution in [0.3, 0.4) is 0 Å². The van der Waals surface area contributed by atoms with Crippen molar-refractivity contribution >= 4 is 29.2 Å². The van der Waals surface area contributed by atoms with Crippen molar-refractivity contribution in [3.05, 3.63) is 6.33 Å². The van der Waals surface area contributed by atoms with Gasteiger partial charge in [0.15, 0.2) is 4.34 Å². The first kappa shape index (κ1) is 14.9. The third-order valence-corrected chi connectivity index (χ3v) is 3.66. The van der Waals surface area contributed by atoms with Crippen LogP contribution in [-0.4, -0.2) is 37.5 Å². The summed E-state index contributed by atoms with van der Waals surface area (Å²) in [5.41, 5.74) is 0. The zero-order chi connectivity index (χ0) is 14.2. The minimum Gasteiger partial charge on any atom is -0.463 e. The molecule has 0 atom stereocenters. The molecular weight excluding hydrogens is 296 g/mol. The maximum Gasteiger partial charge on any atom is 0.322 e. The topological polar surface area (TPSA) is 85.7 Å². The lowest BCUT2D eigenvalue weighted by Gasteiger charge is -2.07. The molecule has 0 aliphatic carbocycles. The van der Waals surface area contributed by atoms with Crippen molar-refractivity contribution in [1.29, 1.82) is 0 Å². The van der Waals surface area contributed by atoms with Gasteiger partial charge in [-0.3, -0.25) is 0 Å². The third-order valence-electron chi connectivity index (χ3n) is 2.08. The molecule has 2 rings (SSSR count). The molecule has 0 bridgehead atoms. The Morgan fingerprint density at radius 1 is 1.25 bits per heavy atom. The summed E-state index contributed by atoms with van der Waals surface area (Å²) in [6.45, 7) is 5.51. The van der Waals surface area contributed by atoms with Crippen LogP contribution in [0, 0.1) is 0 Å². The fourth-order valence-electron chi connectivity index (χ4n) is 1.24. The van der Waals surface area contributed by atoms with E-state index in [1.807, 2.05) is 6.92 Å². The minimum absolute atomic E-state index is 0.340. The predicted octanol–water partition coefficient (Wildman–Crippen LogP) is 2.49. The third kappa shape index (κ3) is 4.57. The maximum atomic E-state index is 5.49. The molecule has 9 heteroatoms. The average Bonchev–Trinajstić information content (AvgIpc) is 2.95. The predicted molar refractivity (Wildman–Crippen MR) is 78.4 cm³/mol. The van der Waals surface area contributed by atoms with E-state index in [-0.39, 0.29) is 0 Å². The van der Waals surface area contributed by atoms with E-state index >= 15 is 0 Å². The fourth-order valence-corrected chi connectivity index (χ4v) is 2.54. The van der Waals surface area contributed by atoms with Crippen molar-refractivity contribution in [3.63, 3.8) is 0 Å². The van der Waals surface area contributed by atoms with Crippen LogP contribution in [0.2, 0.25) is 0 Å². The molecule has 20 heavy (non-hydrogen) atoms. The van der Waals surface area contributed by atoms with Gasteiger partial charge in [-0.1, -0.05) is 13.8 Å². The van der Waals surface area contributed by atoms with Gasteiger partial charge in [0.1, 0.15) is 6.33 Å². The SMILES string of the molecule is CCCNc1nc(OCCC)nc(Sc2ncns2)n1. The maximum absolute atomic E-state index is 5.49. The second-order valence-electron chi connectivity index (χ2n) is 3.81. The van der Waals surface area contributed by atoms with Crippen molar-refractivity contribution in [3.8, 4) is 6.01 Å². The van der Waals surface area contributed by atoms with Crippen molar-refractivity contribution in [2.24, 2.45) is 0 Å². The zero-order valence-electron chi connectivity index (χ0n) is 11.4. The highest BCUT2D eigenvalue weighted by Crippen LogP contribution is 2.26. The molecule has 2 aromatic heterocycles. The normalized spacial score (nSPS) is 10.5. The molecule has 0 fully saturated rings. The summed E-state index contributed by atoms with van der Waals surface area (Å²) in [6, 6.07) is 0.340. The van der Waals surface area contributed by atoms with E-state index in [0.717, 1.165) is 23.7 Å². The van der Waals surface area contributed by atoms with Gasteiger partial charge >= 0.3 is 6.01 Å². The second kappa shape index (κ2) is 7.95. The summed E-state index contributed by atoms with van der Waals surface area (Å²) in [5.74, 6) is 0.528. The summed E-state index contributed by atoms with van der Waals surface area (Å²) in [7, 11) is 0. The molecule has 0 amide bonds. The van der Waals surface area contributed by atoms with E-state index in [9.17, 15) is 0 Å². The van der Waals surface area contributed by atoms with E-state index in [0.29, 0.717) is 23.7 Å². The Kier molecular flexibility index (Phi) is 5.93. The van der Waals surface area contributed by atoms with Gasteiger partial charge in [0.05, 0.1) is 6.61 Å². The number of nitrogens with one attached hydrogen (secondary N) is 1. The lowest BCUT2D eigenvalue weighted by atomic mass is 10.5. The van der Waals surface area contributed by atoms with E-state index in [1.165, 1.54) is 29.6 Å². The molecule has 0 aromatic carbocycles. The smallest absolute Gasteiger partial charge is 0.322 e. The molecule has 0 saturated heterocycles. The number of rotatable bonds is 8. The number of nitrogens with zero attached hydrogens (tertiary/aromatic N) is 5. The van der Waals surface area contributed by atoms with Crippen LogP contribution in [-0.2, 0) is 0 Å². The van der Waals surface area contributed by atoms with Crippen molar-refractivity contribution in [1.82, 2.24) is 24.3 Å². The molecular formula is C11H16N6OS2. The second-order valence-corrected chi connectivity index (χ2v) is 5.80. The van der Waals surface area contributed by atoms with E-state index in [4.69, 9.17) is 4.74 Å². The summed E-state index contributed by atoms with van der Waals surface area (Å²) in [6.07, 6.45) is 3.41. The summed E-state index contributed by atoms with van der Waals surface area (Å²) in [5, 5.41) is 3.70. The van der Waals surface area contributed by atoms with Gasteiger partial charge < -0.3 is 10.1 Å². The standard InChI is InChI=1S/C11H16N6OS2/c1-3-5-12-8-15-9(18-6-4-2)17-10(16-8)19-11-13-7-14-20-11/h7H,3-6H2,1-2H3,(H,12,15,16,17). The Morgan fingerprint density at radius 2 is 2.15 bits per heavy atom. The monoisotopic (exact) mass is 312 g/mol. The van der Waals surface area contributed by atoms with Crippen LogP contribution >= 0.6 is 23.3 Å². The van der Waals surface area contributed by atoms with Crippen LogP contribution in [0.4, 0.5) is 5.95 Å². The number of hydrogen-bond donors (Lipinski definition) is 1. The minimum atomic E-state index is 0.340. The highest BCUT2D eigenvalue weighted by molar-refractivity contribution is 8.00. The van der Waals surface area contributed by atoms with Crippen LogP contribution in [0.5, 0.6) is 6.01 Å². The largest absolute Gasteiger partial charge is 0.463 e. The molecule has 7 nitrogen and oxygen atoms in total. The summed E-state index contributed by atoms with van der Waals surface area (Å²) in [4.78, 5) is 17.0.